The van der Waals surface area contributed by atoms with Gasteiger partial charge in [0, 0.05) is 34.0 Å². The third kappa shape index (κ3) is 1.76. The van der Waals surface area contributed by atoms with E-state index < -0.39 is 0 Å². The van der Waals surface area contributed by atoms with E-state index in [0.717, 1.165) is 5.69 Å². The summed E-state index contributed by atoms with van der Waals surface area (Å²) in [6, 6.07) is 8.34. The van der Waals surface area contributed by atoms with Gasteiger partial charge in [-0.3, -0.25) is 0 Å². The van der Waals surface area contributed by atoms with Crippen molar-refractivity contribution in [1.82, 2.24) is 9.97 Å². The van der Waals surface area contributed by atoms with E-state index in [9.17, 15) is 0 Å². The Hall–Kier alpha value is -1.61. The number of aromatic nitrogens is 2. The Morgan fingerprint density at radius 2 is 2.06 bits per heavy atom. The number of fused-ring (bicyclic) bond motifs is 1. The third-order valence-corrected chi connectivity index (χ3v) is 4.03. The highest BCUT2D eigenvalue weighted by molar-refractivity contribution is 7.10. The van der Waals surface area contributed by atoms with Crippen LogP contribution in [0.15, 0.2) is 35.8 Å². The second-order valence-corrected chi connectivity index (χ2v) is 5.36. The lowest BCUT2D eigenvalue weighted by Gasteiger charge is -1.97. The van der Waals surface area contributed by atoms with Gasteiger partial charge in [0.2, 0.25) is 0 Å². The molecule has 17 heavy (non-hydrogen) atoms. The lowest BCUT2D eigenvalue weighted by atomic mass is 10.1. The predicted octanol–water partition coefficient (Wildman–Crippen LogP) is 4.41. The van der Waals surface area contributed by atoms with Crippen molar-refractivity contribution in [3.63, 3.8) is 0 Å². The average Bonchev–Trinajstić information content (AvgIpc) is 2.95. The van der Waals surface area contributed by atoms with Gasteiger partial charge in [-0.15, -0.1) is 11.3 Å². The van der Waals surface area contributed by atoms with Crippen LogP contribution in [-0.2, 0) is 0 Å². The van der Waals surface area contributed by atoms with Crippen LogP contribution < -0.4 is 0 Å². The number of rotatable bonds is 2. The molecule has 3 heteroatoms. The van der Waals surface area contributed by atoms with Crippen LogP contribution in [0.4, 0.5) is 0 Å². The first kappa shape index (κ1) is 10.5. The Bertz CT molecular complexity index is 649. The van der Waals surface area contributed by atoms with Gasteiger partial charge >= 0.3 is 0 Å². The standard InChI is InChI=1S/C14H14N2S/c1-9(2)14-16-13(8-17-14)11-7-15-12-6-4-3-5-10(11)12/h3-9,15H,1-2H3. The fourth-order valence-corrected chi connectivity index (χ4v) is 2.80. The lowest BCUT2D eigenvalue weighted by molar-refractivity contribution is 0.854. The number of aromatic amines is 1. The first-order valence-corrected chi connectivity index (χ1v) is 6.65. The molecule has 2 nitrogen and oxygen atoms in total. The molecule has 1 N–H and O–H groups in total. The zero-order chi connectivity index (χ0) is 11.8. The Balaban J connectivity index is 2.14. The highest BCUT2D eigenvalue weighted by Crippen LogP contribution is 2.31. The molecule has 1 aromatic carbocycles. The monoisotopic (exact) mass is 242 g/mol. The molecule has 2 aromatic heterocycles. The van der Waals surface area contributed by atoms with Crippen LogP contribution in [0.25, 0.3) is 22.2 Å². The molecular weight excluding hydrogens is 228 g/mol. The van der Waals surface area contributed by atoms with E-state index in [2.05, 4.69) is 42.4 Å². The van der Waals surface area contributed by atoms with Gasteiger partial charge in [0.15, 0.2) is 0 Å². The average molecular weight is 242 g/mol. The molecule has 0 amide bonds. The quantitative estimate of drug-likeness (QED) is 0.708. The summed E-state index contributed by atoms with van der Waals surface area (Å²) >= 11 is 1.74. The summed E-state index contributed by atoms with van der Waals surface area (Å²) in [5.74, 6) is 0.499. The Kier molecular flexibility index (Phi) is 2.48. The molecule has 0 saturated heterocycles. The molecule has 0 atom stereocenters. The minimum Gasteiger partial charge on any atom is -0.360 e. The van der Waals surface area contributed by atoms with E-state index in [-0.39, 0.29) is 0 Å². The number of thiazole rings is 1. The zero-order valence-electron chi connectivity index (χ0n) is 9.90. The first-order chi connectivity index (χ1) is 8.25. The molecule has 2 heterocycles. The number of nitrogens with one attached hydrogen (secondary N) is 1. The predicted molar refractivity (Wildman–Crippen MR) is 73.5 cm³/mol. The van der Waals surface area contributed by atoms with Crippen LogP contribution in [0.2, 0.25) is 0 Å². The van der Waals surface area contributed by atoms with Gasteiger partial charge in [-0.2, -0.15) is 0 Å². The second kappa shape index (κ2) is 4.00. The fraction of sp³-hybridized carbons (Fsp3) is 0.214. The molecule has 3 aromatic rings. The summed E-state index contributed by atoms with van der Waals surface area (Å²) in [7, 11) is 0. The topological polar surface area (TPSA) is 28.7 Å². The summed E-state index contributed by atoms with van der Waals surface area (Å²) in [6.07, 6.45) is 2.05. The van der Waals surface area contributed by atoms with Crippen LogP contribution in [0.3, 0.4) is 0 Å². The van der Waals surface area contributed by atoms with Crippen LogP contribution in [0.1, 0.15) is 24.8 Å². The minimum atomic E-state index is 0.499. The van der Waals surface area contributed by atoms with Gasteiger partial charge in [0.05, 0.1) is 10.7 Å². The highest BCUT2D eigenvalue weighted by Gasteiger charge is 2.10. The number of nitrogens with zero attached hydrogens (tertiary/aromatic N) is 1. The molecule has 0 aliphatic rings. The van der Waals surface area contributed by atoms with E-state index in [1.54, 1.807) is 11.3 Å². The Morgan fingerprint density at radius 1 is 1.24 bits per heavy atom. The number of benzene rings is 1. The number of H-pyrrole nitrogens is 1. The minimum absolute atomic E-state index is 0.499. The van der Waals surface area contributed by atoms with Crippen LogP contribution in [0, 0.1) is 0 Å². The van der Waals surface area contributed by atoms with E-state index in [1.165, 1.54) is 21.5 Å². The van der Waals surface area contributed by atoms with Crippen LogP contribution >= 0.6 is 11.3 Å². The largest absolute Gasteiger partial charge is 0.360 e. The van der Waals surface area contributed by atoms with E-state index in [4.69, 9.17) is 4.98 Å². The molecule has 0 saturated carbocycles. The first-order valence-electron chi connectivity index (χ1n) is 5.77. The summed E-state index contributed by atoms with van der Waals surface area (Å²) < 4.78 is 0. The normalized spacial score (nSPS) is 11.5. The van der Waals surface area contributed by atoms with Crippen LogP contribution in [-0.4, -0.2) is 9.97 Å². The highest BCUT2D eigenvalue weighted by atomic mass is 32.1. The Morgan fingerprint density at radius 3 is 2.82 bits per heavy atom. The molecule has 0 aliphatic heterocycles. The number of hydrogen-bond acceptors (Lipinski definition) is 2. The maximum absolute atomic E-state index is 4.70. The summed E-state index contributed by atoms with van der Waals surface area (Å²) in [6.45, 7) is 4.36. The van der Waals surface area contributed by atoms with Gasteiger partial charge in [-0.1, -0.05) is 32.0 Å². The van der Waals surface area contributed by atoms with Gasteiger partial charge in [-0.05, 0) is 6.07 Å². The smallest absolute Gasteiger partial charge is 0.0958 e. The molecular formula is C14H14N2S. The number of hydrogen-bond donors (Lipinski definition) is 1. The van der Waals surface area contributed by atoms with Crippen molar-refractivity contribution in [2.45, 2.75) is 19.8 Å². The molecule has 86 valence electrons. The molecule has 0 radical (unpaired) electrons. The van der Waals surface area contributed by atoms with Gasteiger partial charge in [-0.25, -0.2) is 4.98 Å². The van der Waals surface area contributed by atoms with Crippen molar-refractivity contribution in [1.29, 1.82) is 0 Å². The van der Waals surface area contributed by atoms with E-state index >= 15 is 0 Å². The fourth-order valence-electron chi connectivity index (χ4n) is 1.96. The summed E-state index contributed by atoms with van der Waals surface area (Å²) in [5.41, 5.74) is 3.45. The van der Waals surface area contributed by atoms with Crippen molar-refractivity contribution in [2.75, 3.05) is 0 Å². The maximum Gasteiger partial charge on any atom is 0.0958 e. The van der Waals surface area contributed by atoms with E-state index in [1.807, 2.05) is 12.3 Å². The zero-order valence-corrected chi connectivity index (χ0v) is 10.7. The van der Waals surface area contributed by atoms with Crippen molar-refractivity contribution < 1.29 is 0 Å². The molecule has 0 aliphatic carbocycles. The molecule has 0 unspecified atom stereocenters. The van der Waals surface area contributed by atoms with E-state index in [0.29, 0.717) is 5.92 Å². The summed E-state index contributed by atoms with van der Waals surface area (Å²) in [5, 5.41) is 4.59. The van der Waals surface area contributed by atoms with Crippen molar-refractivity contribution in [3.8, 4) is 11.3 Å². The van der Waals surface area contributed by atoms with Crippen molar-refractivity contribution >= 4 is 22.2 Å². The summed E-state index contributed by atoms with van der Waals surface area (Å²) in [4.78, 5) is 7.99. The lowest BCUT2D eigenvalue weighted by Crippen LogP contribution is -1.85. The molecule has 0 bridgehead atoms. The molecule has 3 rings (SSSR count). The van der Waals surface area contributed by atoms with Crippen LogP contribution in [0.5, 0.6) is 0 Å². The molecule has 0 spiro atoms. The third-order valence-electron chi connectivity index (χ3n) is 2.88. The van der Waals surface area contributed by atoms with Gasteiger partial charge in [0.1, 0.15) is 0 Å². The maximum atomic E-state index is 4.70. The number of para-hydroxylation sites is 1. The van der Waals surface area contributed by atoms with Gasteiger partial charge in [0.25, 0.3) is 0 Å². The Labute approximate surface area is 104 Å². The SMILES string of the molecule is CC(C)c1nc(-c2c[nH]c3ccccc23)cs1. The second-order valence-electron chi connectivity index (χ2n) is 4.47. The van der Waals surface area contributed by atoms with Crippen molar-refractivity contribution in [3.05, 3.63) is 40.8 Å². The molecule has 0 fully saturated rings. The van der Waals surface area contributed by atoms with Crippen molar-refractivity contribution in [2.24, 2.45) is 0 Å². The van der Waals surface area contributed by atoms with Gasteiger partial charge < -0.3 is 4.98 Å².